The smallest absolute Gasteiger partial charge is 0.328 e. The van der Waals surface area contributed by atoms with E-state index < -0.39 is 11.2 Å². The molecule has 1 N–H and O–H groups in total. The topological polar surface area (TPSA) is 84.4 Å². The summed E-state index contributed by atoms with van der Waals surface area (Å²) in [5, 5.41) is 0. The molecule has 1 aromatic carbocycles. The van der Waals surface area contributed by atoms with Crippen LogP contribution < -0.4 is 16.0 Å². The van der Waals surface area contributed by atoms with Gasteiger partial charge in [0.25, 0.3) is 5.56 Å². The number of hydrogen-bond acceptors (Lipinski definition) is 4. The van der Waals surface area contributed by atoms with Gasteiger partial charge in [0.1, 0.15) is 18.9 Å². The molecule has 2 rings (SSSR count). The standard InChI is InChI=1S/C16H19N3O4/c1-12-3-5-13(6-4-12)23-10-9-18(2)15(21)11-19-8-7-14(20)17-16(19)22/h3-8H,9-11H2,1-2H3,(H,17,20,22). The summed E-state index contributed by atoms with van der Waals surface area (Å²) >= 11 is 0. The fourth-order valence-corrected chi connectivity index (χ4v) is 1.89. The number of carbonyl (C=O) groups is 1. The number of H-pyrrole nitrogens is 1. The molecular formula is C16H19N3O4. The van der Waals surface area contributed by atoms with Gasteiger partial charge in [-0.15, -0.1) is 0 Å². The molecule has 122 valence electrons. The molecule has 0 saturated heterocycles. The Kier molecular flexibility index (Phi) is 5.35. The normalized spacial score (nSPS) is 10.3. The van der Waals surface area contributed by atoms with Crippen LogP contribution in [0.5, 0.6) is 5.75 Å². The Morgan fingerprint density at radius 3 is 2.57 bits per heavy atom. The zero-order valence-electron chi connectivity index (χ0n) is 13.1. The second-order valence-corrected chi connectivity index (χ2v) is 5.21. The molecule has 23 heavy (non-hydrogen) atoms. The zero-order valence-corrected chi connectivity index (χ0v) is 13.1. The van der Waals surface area contributed by atoms with Crippen molar-refractivity contribution in [2.24, 2.45) is 0 Å². The first-order valence-corrected chi connectivity index (χ1v) is 7.19. The maximum atomic E-state index is 12.1. The molecule has 1 heterocycles. The number of aromatic amines is 1. The van der Waals surface area contributed by atoms with Crippen LogP contribution in [0.15, 0.2) is 46.1 Å². The second kappa shape index (κ2) is 7.44. The van der Waals surface area contributed by atoms with Gasteiger partial charge in [-0.1, -0.05) is 17.7 Å². The quantitative estimate of drug-likeness (QED) is 0.835. The Bertz CT molecular complexity index is 777. The van der Waals surface area contributed by atoms with E-state index >= 15 is 0 Å². The molecule has 0 radical (unpaired) electrons. The molecule has 0 aliphatic rings. The van der Waals surface area contributed by atoms with Gasteiger partial charge in [-0.25, -0.2) is 4.79 Å². The van der Waals surface area contributed by atoms with Crippen molar-refractivity contribution in [3.05, 3.63) is 62.9 Å². The van der Waals surface area contributed by atoms with E-state index in [0.29, 0.717) is 13.2 Å². The first kappa shape index (κ1) is 16.5. The van der Waals surface area contributed by atoms with Crippen molar-refractivity contribution in [2.45, 2.75) is 13.5 Å². The van der Waals surface area contributed by atoms with E-state index in [-0.39, 0.29) is 12.5 Å². The van der Waals surface area contributed by atoms with Gasteiger partial charge >= 0.3 is 5.69 Å². The average Bonchev–Trinajstić information content (AvgIpc) is 2.51. The summed E-state index contributed by atoms with van der Waals surface area (Å²) in [7, 11) is 1.64. The molecule has 0 unspecified atom stereocenters. The number of nitrogens with zero attached hydrogens (tertiary/aromatic N) is 2. The van der Waals surface area contributed by atoms with Gasteiger partial charge in [-0.05, 0) is 19.1 Å². The monoisotopic (exact) mass is 317 g/mol. The van der Waals surface area contributed by atoms with Crippen molar-refractivity contribution in [1.82, 2.24) is 14.5 Å². The summed E-state index contributed by atoms with van der Waals surface area (Å²) in [5.41, 5.74) is 0.0599. The van der Waals surface area contributed by atoms with Crippen LogP contribution >= 0.6 is 0 Å². The van der Waals surface area contributed by atoms with Crippen molar-refractivity contribution in [1.29, 1.82) is 0 Å². The van der Waals surface area contributed by atoms with Gasteiger partial charge in [-0.2, -0.15) is 0 Å². The molecule has 2 aromatic rings. The summed E-state index contributed by atoms with van der Waals surface area (Å²) in [4.78, 5) is 38.2. The molecule has 0 fully saturated rings. The lowest BCUT2D eigenvalue weighted by molar-refractivity contribution is -0.130. The maximum absolute atomic E-state index is 12.1. The van der Waals surface area contributed by atoms with Gasteiger partial charge in [-0.3, -0.25) is 19.1 Å². The maximum Gasteiger partial charge on any atom is 0.328 e. The molecule has 7 heteroatoms. The van der Waals surface area contributed by atoms with E-state index in [1.54, 1.807) is 7.05 Å². The van der Waals surface area contributed by atoms with Gasteiger partial charge < -0.3 is 9.64 Å². The Hall–Kier alpha value is -2.83. The minimum Gasteiger partial charge on any atom is -0.492 e. The van der Waals surface area contributed by atoms with Crippen LogP contribution in [-0.4, -0.2) is 40.6 Å². The van der Waals surface area contributed by atoms with E-state index in [4.69, 9.17) is 4.74 Å². The second-order valence-electron chi connectivity index (χ2n) is 5.21. The summed E-state index contributed by atoms with van der Waals surface area (Å²) in [6.45, 7) is 2.61. The SMILES string of the molecule is Cc1ccc(OCCN(C)C(=O)Cn2ccc(=O)[nH]c2=O)cc1. The molecule has 0 spiro atoms. The van der Waals surface area contributed by atoms with Gasteiger partial charge in [0.15, 0.2) is 0 Å². The third-order valence-corrected chi connectivity index (χ3v) is 3.34. The lowest BCUT2D eigenvalue weighted by Crippen LogP contribution is -2.37. The Morgan fingerprint density at radius 2 is 1.91 bits per heavy atom. The number of amides is 1. The van der Waals surface area contributed by atoms with Gasteiger partial charge in [0, 0.05) is 19.3 Å². The molecule has 1 aromatic heterocycles. The van der Waals surface area contributed by atoms with Crippen molar-refractivity contribution >= 4 is 5.91 Å². The first-order valence-electron chi connectivity index (χ1n) is 7.19. The van der Waals surface area contributed by atoms with E-state index in [0.717, 1.165) is 15.9 Å². The van der Waals surface area contributed by atoms with Gasteiger partial charge in [0.05, 0.1) is 6.54 Å². The lowest BCUT2D eigenvalue weighted by Gasteiger charge is -2.18. The van der Waals surface area contributed by atoms with Crippen LogP contribution in [0.4, 0.5) is 0 Å². The fraction of sp³-hybridized carbons (Fsp3) is 0.312. The lowest BCUT2D eigenvalue weighted by atomic mass is 10.2. The fourth-order valence-electron chi connectivity index (χ4n) is 1.89. The van der Waals surface area contributed by atoms with Crippen LogP contribution in [-0.2, 0) is 11.3 Å². The Morgan fingerprint density at radius 1 is 1.22 bits per heavy atom. The third-order valence-electron chi connectivity index (χ3n) is 3.34. The third kappa shape index (κ3) is 4.84. The van der Waals surface area contributed by atoms with Crippen LogP contribution in [0.3, 0.4) is 0 Å². The van der Waals surface area contributed by atoms with Crippen molar-refractivity contribution in [2.75, 3.05) is 20.2 Å². The van der Waals surface area contributed by atoms with E-state index in [1.807, 2.05) is 31.2 Å². The number of aromatic nitrogens is 2. The number of rotatable bonds is 6. The molecule has 7 nitrogen and oxygen atoms in total. The summed E-state index contributed by atoms with van der Waals surface area (Å²) < 4.78 is 6.72. The summed E-state index contributed by atoms with van der Waals surface area (Å²) in [6, 6.07) is 8.85. The molecule has 0 bridgehead atoms. The number of aryl methyl sites for hydroxylation is 1. The highest BCUT2D eigenvalue weighted by Gasteiger charge is 2.10. The first-order chi connectivity index (χ1) is 11.0. The number of nitrogens with one attached hydrogen (secondary N) is 1. The summed E-state index contributed by atoms with van der Waals surface area (Å²) in [6.07, 6.45) is 1.30. The van der Waals surface area contributed by atoms with Crippen LogP contribution in [0, 0.1) is 6.92 Å². The van der Waals surface area contributed by atoms with Crippen LogP contribution in [0.1, 0.15) is 5.56 Å². The molecule has 1 amide bonds. The zero-order chi connectivity index (χ0) is 16.8. The van der Waals surface area contributed by atoms with Crippen LogP contribution in [0.2, 0.25) is 0 Å². The molecule has 0 saturated carbocycles. The molecule has 0 aliphatic heterocycles. The minimum atomic E-state index is -0.602. The Labute approximate surface area is 133 Å². The number of hydrogen-bond donors (Lipinski definition) is 1. The highest BCUT2D eigenvalue weighted by atomic mass is 16.5. The van der Waals surface area contributed by atoms with Crippen LogP contribution in [0.25, 0.3) is 0 Å². The number of carbonyl (C=O) groups excluding carboxylic acids is 1. The molecule has 0 atom stereocenters. The largest absolute Gasteiger partial charge is 0.492 e. The summed E-state index contributed by atoms with van der Waals surface area (Å²) in [5.74, 6) is 0.500. The average molecular weight is 317 g/mol. The molecule has 0 aliphatic carbocycles. The van der Waals surface area contributed by atoms with E-state index in [9.17, 15) is 14.4 Å². The van der Waals surface area contributed by atoms with Crippen molar-refractivity contribution in [3.63, 3.8) is 0 Å². The van der Waals surface area contributed by atoms with Crippen molar-refractivity contribution < 1.29 is 9.53 Å². The van der Waals surface area contributed by atoms with Gasteiger partial charge in [0.2, 0.25) is 5.91 Å². The highest BCUT2D eigenvalue weighted by Crippen LogP contribution is 2.11. The number of benzene rings is 1. The number of ether oxygens (including phenoxy) is 1. The predicted octanol–water partition coefficient (Wildman–Crippen LogP) is 0.382. The van der Waals surface area contributed by atoms with Crippen molar-refractivity contribution in [3.8, 4) is 5.75 Å². The van der Waals surface area contributed by atoms with E-state index in [1.165, 1.54) is 17.2 Å². The van der Waals surface area contributed by atoms with E-state index in [2.05, 4.69) is 4.98 Å². The predicted molar refractivity (Wildman–Crippen MR) is 85.6 cm³/mol. The minimum absolute atomic E-state index is 0.128. The molecular weight excluding hydrogens is 298 g/mol. The Balaban J connectivity index is 1.84. The number of likely N-dealkylation sites (N-methyl/N-ethyl adjacent to an activating group) is 1. The highest BCUT2D eigenvalue weighted by molar-refractivity contribution is 5.75.